The van der Waals surface area contributed by atoms with Gasteiger partial charge in [0.2, 0.25) is 11.9 Å². The highest BCUT2D eigenvalue weighted by Crippen LogP contribution is 2.31. The molecule has 1 aromatic carbocycles. The maximum atomic E-state index is 13.8. The second-order valence-corrected chi connectivity index (χ2v) is 9.57. The lowest BCUT2D eigenvalue weighted by Gasteiger charge is -2.38. The van der Waals surface area contributed by atoms with E-state index < -0.39 is 25.0 Å². The number of alkyl halides is 2. The van der Waals surface area contributed by atoms with Gasteiger partial charge in [-0.15, -0.1) is 0 Å². The Labute approximate surface area is 210 Å². The zero-order valence-electron chi connectivity index (χ0n) is 20.1. The summed E-state index contributed by atoms with van der Waals surface area (Å²) in [7, 11) is 1.80. The lowest BCUT2D eigenvalue weighted by Crippen LogP contribution is -2.58. The first kappa shape index (κ1) is 23.3. The second kappa shape index (κ2) is 8.75. The summed E-state index contributed by atoms with van der Waals surface area (Å²) in [5.41, 5.74) is 5.47. The molecule has 1 fully saturated rings. The van der Waals surface area contributed by atoms with Gasteiger partial charge in [-0.25, -0.2) is 18.7 Å². The average molecular weight is 508 g/mol. The highest BCUT2D eigenvalue weighted by molar-refractivity contribution is 5.94. The smallest absolute Gasteiger partial charge is 0.282 e. The van der Waals surface area contributed by atoms with Gasteiger partial charge in [0.25, 0.3) is 11.8 Å². The quantitative estimate of drug-likeness (QED) is 0.447. The predicted octanol–water partition coefficient (Wildman–Crippen LogP) is 3.59. The average Bonchev–Trinajstić information content (AvgIpc) is 3.45. The Hall–Kier alpha value is -4.15. The number of benzene rings is 1. The van der Waals surface area contributed by atoms with Crippen molar-refractivity contribution in [3.63, 3.8) is 0 Å². The number of carbonyl (C=O) groups is 1. The molecule has 2 aliphatic rings. The molecule has 0 saturated carbocycles. The van der Waals surface area contributed by atoms with Gasteiger partial charge in [0.1, 0.15) is 5.69 Å². The normalized spacial score (nSPS) is 16.4. The Morgan fingerprint density at radius 2 is 1.95 bits per heavy atom. The van der Waals surface area contributed by atoms with Crippen LogP contribution < -0.4 is 4.90 Å². The number of likely N-dealkylation sites (tertiary alicyclic amines) is 1. The minimum Gasteiger partial charge on any atom is -0.342 e. The summed E-state index contributed by atoms with van der Waals surface area (Å²) in [5.74, 6) is -3.03. The maximum Gasteiger partial charge on any atom is 0.282 e. The van der Waals surface area contributed by atoms with E-state index in [2.05, 4.69) is 20.1 Å². The van der Waals surface area contributed by atoms with Gasteiger partial charge in [0.05, 0.1) is 37.1 Å². The summed E-state index contributed by atoms with van der Waals surface area (Å²) in [6.45, 7) is 0.138. The van der Waals surface area contributed by atoms with Crippen molar-refractivity contribution in [1.29, 1.82) is 0 Å². The van der Waals surface area contributed by atoms with Crippen LogP contribution in [0.25, 0.3) is 11.1 Å². The molecule has 8 nitrogen and oxygen atoms in total. The third-order valence-electron chi connectivity index (χ3n) is 7.02. The molecule has 5 heterocycles. The molecule has 1 amide bonds. The van der Waals surface area contributed by atoms with E-state index in [9.17, 15) is 18.0 Å². The highest BCUT2D eigenvalue weighted by Gasteiger charge is 2.47. The Morgan fingerprint density at radius 1 is 1.16 bits per heavy atom. The number of amides is 1. The zero-order valence-corrected chi connectivity index (χ0v) is 20.1. The molecule has 37 heavy (non-hydrogen) atoms. The number of halogens is 3. The van der Waals surface area contributed by atoms with Crippen molar-refractivity contribution in [3.8, 4) is 11.1 Å². The molecule has 0 radical (unpaired) electrons. The minimum absolute atomic E-state index is 0.367. The maximum absolute atomic E-state index is 13.8. The lowest BCUT2D eigenvalue weighted by molar-refractivity contribution is -0.113. The van der Waals surface area contributed by atoms with E-state index in [1.54, 1.807) is 17.8 Å². The van der Waals surface area contributed by atoms with E-state index in [1.165, 1.54) is 11.1 Å². The van der Waals surface area contributed by atoms with Gasteiger partial charge in [-0.1, -0.05) is 24.3 Å². The van der Waals surface area contributed by atoms with Crippen LogP contribution in [-0.2, 0) is 26.4 Å². The van der Waals surface area contributed by atoms with Crippen molar-refractivity contribution in [2.75, 3.05) is 24.5 Å². The summed E-state index contributed by atoms with van der Waals surface area (Å²) < 4.78 is 42.1. The van der Waals surface area contributed by atoms with Gasteiger partial charge in [-0.2, -0.15) is 9.49 Å². The number of carbonyl (C=O) groups excluding carboxylic acids is 1. The number of hydrogen-bond acceptors (Lipinski definition) is 5. The first-order valence-corrected chi connectivity index (χ1v) is 12.0. The molecule has 190 valence electrons. The number of H-pyrrole nitrogens is 1. The SMILES string of the molecule is Cn1c(C(=O)N2CC(F)(F)C2)cc2c1CN(c1nccc(Cc3ccc(-c4cn[nH]c4F)cc3)n1)CC2. The van der Waals surface area contributed by atoms with E-state index in [1.807, 2.05) is 36.4 Å². The molecule has 11 heteroatoms. The Morgan fingerprint density at radius 3 is 2.65 bits per heavy atom. The molecule has 0 spiro atoms. The number of nitrogens with one attached hydrogen (secondary N) is 1. The van der Waals surface area contributed by atoms with Crippen LogP contribution in [0, 0.1) is 5.95 Å². The molecule has 0 bridgehead atoms. The van der Waals surface area contributed by atoms with Crippen molar-refractivity contribution >= 4 is 11.9 Å². The summed E-state index contributed by atoms with van der Waals surface area (Å²) in [6, 6.07) is 11.3. The Bertz CT molecular complexity index is 1470. The first-order chi connectivity index (χ1) is 17.8. The van der Waals surface area contributed by atoms with Crippen LogP contribution in [0.4, 0.5) is 19.1 Å². The van der Waals surface area contributed by atoms with Crippen LogP contribution in [0.1, 0.15) is 33.0 Å². The van der Waals surface area contributed by atoms with Crippen molar-refractivity contribution in [3.05, 3.63) is 82.9 Å². The molecular formula is C26H24F3N7O. The van der Waals surface area contributed by atoms with Crippen LogP contribution in [0.2, 0.25) is 0 Å². The first-order valence-electron chi connectivity index (χ1n) is 12.0. The second-order valence-electron chi connectivity index (χ2n) is 9.57. The van der Waals surface area contributed by atoms with E-state index >= 15 is 0 Å². The zero-order chi connectivity index (χ0) is 25.7. The highest BCUT2D eigenvalue weighted by atomic mass is 19.3. The Balaban J connectivity index is 1.16. The topological polar surface area (TPSA) is 82.9 Å². The largest absolute Gasteiger partial charge is 0.342 e. The Kier molecular flexibility index (Phi) is 5.50. The van der Waals surface area contributed by atoms with Crippen LogP contribution >= 0.6 is 0 Å². The van der Waals surface area contributed by atoms with Crippen molar-refractivity contribution < 1.29 is 18.0 Å². The molecule has 0 unspecified atom stereocenters. The van der Waals surface area contributed by atoms with Crippen LogP contribution in [0.5, 0.6) is 0 Å². The van der Waals surface area contributed by atoms with Crippen molar-refractivity contribution in [1.82, 2.24) is 29.6 Å². The molecule has 0 aliphatic carbocycles. The predicted molar refractivity (Wildman–Crippen MR) is 130 cm³/mol. The fourth-order valence-corrected chi connectivity index (χ4v) is 4.96. The number of aromatic nitrogens is 5. The lowest BCUT2D eigenvalue weighted by atomic mass is 10.0. The molecule has 1 saturated heterocycles. The molecule has 2 aliphatic heterocycles. The third-order valence-corrected chi connectivity index (χ3v) is 7.02. The van der Waals surface area contributed by atoms with E-state index in [-0.39, 0.29) is 5.91 Å². The molecule has 1 N–H and O–H groups in total. The summed E-state index contributed by atoms with van der Waals surface area (Å²) >= 11 is 0. The van der Waals surface area contributed by atoms with Crippen LogP contribution in [0.3, 0.4) is 0 Å². The summed E-state index contributed by atoms with van der Waals surface area (Å²) in [5, 5.41) is 6.02. The fraction of sp³-hybridized carbons (Fsp3) is 0.308. The number of fused-ring (bicyclic) bond motifs is 1. The molecular weight excluding hydrogens is 483 g/mol. The molecule has 4 aromatic rings. The van der Waals surface area contributed by atoms with E-state index in [4.69, 9.17) is 4.98 Å². The van der Waals surface area contributed by atoms with Gasteiger partial charge >= 0.3 is 0 Å². The van der Waals surface area contributed by atoms with Crippen LogP contribution in [0.15, 0.2) is 48.8 Å². The van der Waals surface area contributed by atoms with Gasteiger partial charge < -0.3 is 14.4 Å². The van der Waals surface area contributed by atoms with Gasteiger partial charge in [0, 0.05) is 31.9 Å². The number of hydrogen-bond donors (Lipinski definition) is 1. The number of nitrogens with zero attached hydrogens (tertiary/aromatic N) is 6. The van der Waals surface area contributed by atoms with Crippen LogP contribution in [-0.4, -0.2) is 61.1 Å². The number of rotatable bonds is 5. The molecule has 6 rings (SSSR count). The summed E-state index contributed by atoms with van der Waals surface area (Å²) in [6.07, 6.45) is 4.48. The monoisotopic (exact) mass is 507 g/mol. The molecule has 0 atom stereocenters. The standard InChI is InChI=1S/C26H24F3N7O/c1-34-21(24(37)36-14-26(28,29)15-36)11-18-7-9-35(13-22(18)34)25-30-8-6-19(32-25)10-16-2-4-17(5-3-16)20-12-31-33-23(20)27/h2-6,8,11-12H,7,9-10,13-15H2,1H3,(H,31,33). The van der Waals surface area contributed by atoms with Gasteiger partial charge in [-0.05, 0) is 35.2 Å². The van der Waals surface area contributed by atoms with E-state index in [0.717, 1.165) is 28.1 Å². The van der Waals surface area contributed by atoms with Crippen molar-refractivity contribution in [2.24, 2.45) is 7.05 Å². The van der Waals surface area contributed by atoms with E-state index in [0.29, 0.717) is 43.1 Å². The molecule has 3 aromatic heterocycles. The summed E-state index contributed by atoms with van der Waals surface area (Å²) in [4.78, 5) is 25.2. The van der Waals surface area contributed by atoms with Gasteiger partial charge in [0.15, 0.2) is 0 Å². The number of anilines is 1. The van der Waals surface area contributed by atoms with Crippen molar-refractivity contribution in [2.45, 2.75) is 25.3 Å². The third kappa shape index (κ3) is 4.34. The fourth-order valence-electron chi connectivity index (χ4n) is 4.96. The number of aromatic amines is 1. The van der Waals surface area contributed by atoms with Gasteiger partial charge in [-0.3, -0.25) is 9.89 Å². The minimum atomic E-state index is -2.79.